The van der Waals surface area contributed by atoms with Crippen molar-refractivity contribution in [2.75, 3.05) is 14.2 Å². The molecule has 0 saturated carbocycles. The number of rotatable bonds is 2. The van der Waals surface area contributed by atoms with Crippen LogP contribution in [0.25, 0.3) is 11.2 Å². The first-order valence-electron chi connectivity index (χ1n) is 4.61. The van der Waals surface area contributed by atoms with Gasteiger partial charge in [0.15, 0.2) is 11.2 Å². The molecular weight excluding hydrogens is 212 g/mol. The van der Waals surface area contributed by atoms with Gasteiger partial charge in [0.05, 0.1) is 14.2 Å². The molecule has 7 heteroatoms. The monoisotopic (exact) mass is 224 g/mol. The van der Waals surface area contributed by atoms with Crippen LogP contribution < -0.4 is 15.0 Å². The molecule has 2 aromatic rings. The normalized spacial score (nSPS) is 10.8. The standard InChI is InChI=1S/C9H12N4O3/c1-12-6-5(10-8(12)15-3)7(14)13(2)9(11-6)16-4/h1-4H3. The molecule has 0 aliphatic rings. The number of ether oxygens (including phenoxy) is 2. The Hall–Kier alpha value is -2.05. The van der Waals surface area contributed by atoms with E-state index in [1.165, 1.54) is 18.8 Å². The molecule has 0 spiro atoms. The van der Waals surface area contributed by atoms with Crippen LogP contribution in [-0.2, 0) is 14.1 Å². The Labute approximate surface area is 91.2 Å². The summed E-state index contributed by atoms with van der Waals surface area (Å²) in [4.78, 5) is 20.1. The zero-order valence-electron chi connectivity index (χ0n) is 9.51. The summed E-state index contributed by atoms with van der Waals surface area (Å²) in [5.41, 5.74) is 0.445. The van der Waals surface area contributed by atoms with Crippen LogP contribution in [0.15, 0.2) is 4.79 Å². The fourth-order valence-electron chi connectivity index (χ4n) is 1.52. The Kier molecular flexibility index (Phi) is 2.30. The molecule has 0 aliphatic heterocycles. The molecule has 16 heavy (non-hydrogen) atoms. The summed E-state index contributed by atoms with van der Waals surface area (Å²) in [7, 11) is 6.25. The quantitative estimate of drug-likeness (QED) is 0.699. The van der Waals surface area contributed by atoms with E-state index >= 15 is 0 Å². The maximum Gasteiger partial charge on any atom is 0.300 e. The number of fused-ring (bicyclic) bond motifs is 1. The van der Waals surface area contributed by atoms with Gasteiger partial charge in [-0.1, -0.05) is 0 Å². The summed E-state index contributed by atoms with van der Waals surface area (Å²) >= 11 is 0. The molecule has 0 atom stereocenters. The van der Waals surface area contributed by atoms with Gasteiger partial charge in [0.1, 0.15) is 0 Å². The highest BCUT2D eigenvalue weighted by molar-refractivity contribution is 5.71. The highest BCUT2D eigenvalue weighted by Crippen LogP contribution is 2.16. The smallest absolute Gasteiger partial charge is 0.300 e. The van der Waals surface area contributed by atoms with Crippen molar-refractivity contribution in [2.45, 2.75) is 0 Å². The predicted molar refractivity (Wildman–Crippen MR) is 56.9 cm³/mol. The number of hydrogen-bond donors (Lipinski definition) is 0. The Morgan fingerprint density at radius 2 is 1.56 bits per heavy atom. The van der Waals surface area contributed by atoms with Gasteiger partial charge in [-0.2, -0.15) is 9.97 Å². The van der Waals surface area contributed by atoms with E-state index in [4.69, 9.17) is 9.47 Å². The van der Waals surface area contributed by atoms with Crippen LogP contribution >= 0.6 is 0 Å². The lowest BCUT2D eigenvalue weighted by molar-refractivity contribution is 0.357. The Morgan fingerprint density at radius 1 is 1.00 bits per heavy atom. The SMILES string of the molecule is COc1nc2c(nc(OC)n2C)c(=O)n1C. The number of imidazole rings is 1. The summed E-state index contributed by atoms with van der Waals surface area (Å²) in [5.74, 6) is 0. The number of nitrogens with zero attached hydrogens (tertiary/aromatic N) is 4. The fraction of sp³-hybridized carbons (Fsp3) is 0.444. The third kappa shape index (κ3) is 1.24. The summed E-state index contributed by atoms with van der Waals surface area (Å²) in [5, 5.41) is 0. The van der Waals surface area contributed by atoms with Gasteiger partial charge in [0.25, 0.3) is 11.6 Å². The van der Waals surface area contributed by atoms with Gasteiger partial charge in [-0.05, 0) is 0 Å². The first kappa shape index (κ1) is 10.5. The van der Waals surface area contributed by atoms with Gasteiger partial charge in [0.2, 0.25) is 0 Å². The minimum atomic E-state index is -0.263. The van der Waals surface area contributed by atoms with Crippen LogP contribution in [0.5, 0.6) is 12.0 Å². The third-order valence-corrected chi connectivity index (χ3v) is 2.38. The molecule has 7 nitrogen and oxygen atoms in total. The summed E-state index contributed by atoms with van der Waals surface area (Å²) < 4.78 is 12.9. The molecule has 0 radical (unpaired) electrons. The summed E-state index contributed by atoms with van der Waals surface area (Å²) in [6.07, 6.45) is 0. The van der Waals surface area contributed by atoms with Crippen molar-refractivity contribution >= 4 is 11.2 Å². The van der Waals surface area contributed by atoms with Crippen molar-refractivity contribution < 1.29 is 9.47 Å². The number of aryl methyl sites for hydroxylation is 1. The molecule has 0 fully saturated rings. The van der Waals surface area contributed by atoms with Gasteiger partial charge in [-0.25, -0.2) is 0 Å². The average Bonchev–Trinajstić information content (AvgIpc) is 2.61. The van der Waals surface area contributed by atoms with Crippen LogP contribution in [0.4, 0.5) is 0 Å². The highest BCUT2D eigenvalue weighted by Gasteiger charge is 2.16. The molecule has 86 valence electrons. The van der Waals surface area contributed by atoms with Crippen molar-refractivity contribution in [1.29, 1.82) is 0 Å². The molecule has 0 amide bonds. The molecular formula is C9H12N4O3. The Balaban J connectivity index is 2.90. The molecule has 2 aromatic heterocycles. The largest absolute Gasteiger partial charge is 0.468 e. The Bertz CT molecular complexity index is 599. The number of methoxy groups -OCH3 is 2. The van der Waals surface area contributed by atoms with Crippen molar-refractivity contribution in [3.8, 4) is 12.0 Å². The van der Waals surface area contributed by atoms with E-state index in [1.54, 1.807) is 18.7 Å². The van der Waals surface area contributed by atoms with E-state index in [0.29, 0.717) is 11.7 Å². The second-order valence-corrected chi connectivity index (χ2v) is 3.29. The van der Waals surface area contributed by atoms with E-state index < -0.39 is 0 Å². The summed E-state index contributed by atoms with van der Waals surface area (Å²) in [6.45, 7) is 0. The molecule has 2 rings (SSSR count). The van der Waals surface area contributed by atoms with Crippen LogP contribution in [-0.4, -0.2) is 33.3 Å². The third-order valence-electron chi connectivity index (χ3n) is 2.38. The highest BCUT2D eigenvalue weighted by atomic mass is 16.5. The van der Waals surface area contributed by atoms with E-state index in [2.05, 4.69) is 9.97 Å². The lowest BCUT2D eigenvalue weighted by atomic mass is 10.5. The van der Waals surface area contributed by atoms with E-state index in [0.717, 1.165) is 0 Å². The van der Waals surface area contributed by atoms with Gasteiger partial charge < -0.3 is 9.47 Å². The second-order valence-electron chi connectivity index (χ2n) is 3.29. The van der Waals surface area contributed by atoms with Crippen LogP contribution in [0.2, 0.25) is 0 Å². The number of hydrogen-bond acceptors (Lipinski definition) is 5. The lowest BCUT2D eigenvalue weighted by Gasteiger charge is -2.04. The van der Waals surface area contributed by atoms with Gasteiger partial charge in [0, 0.05) is 14.1 Å². The van der Waals surface area contributed by atoms with E-state index in [1.807, 2.05) is 0 Å². The first-order chi connectivity index (χ1) is 7.60. The van der Waals surface area contributed by atoms with Crippen molar-refractivity contribution in [3.05, 3.63) is 10.4 Å². The second kappa shape index (κ2) is 3.51. The summed E-state index contributed by atoms with van der Waals surface area (Å²) in [6, 6.07) is 0.580. The molecule has 0 aromatic carbocycles. The van der Waals surface area contributed by atoms with E-state index in [9.17, 15) is 4.79 Å². The topological polar surface area (TPSA) is 71.2 Å². The zero-order valence-corrected chi connectivity index (χ0v) is 9.51. The molecule has 0 aliphatic carbocycles. The minimum Gasteiger partial charge on any atom is -0.468 e. The molecule has 2 heterocycles. The van der Waals surface area contributed by atoms with Crippen molar-refractivity contribution in [2.24, 2.45) is 14.1 Å². The van der Waals surface area contributed by atoms with Gasteiger partial charge in [-0.15, -0.1) is 0 Å². The fourth-order valence-corrected chi connectivity index (χ4v) is 1.52. The zero-order chi connectivity index (χ0) is 11.9. The lowest BCUT2D eigenvalue weighted by Crippen LogP contribution is -2.20. The predicted octanol–water partition coefficient (Wildman–Crippen LogP) is -0.316. The average molecular weight is 224 g/mol. The van der Waals surface area contributed by atoms with Gasteiger partial charge >= 0.3 is 6.01 Å². The number of aromatic nitrogens is 4. The van der Waals surface area contributed by atoms with Crippen LogP contribution in [0.1, 0.15) is 0 Å². The van der Waals surface area contributed by atoms with Crippen LogP contribution in [0.3, 0.4) is 0 Å². The minimum absolute atomic E-state index is 0.239. The maximum absolute atomic E-state index is 11.9. The maximum atomic E-state index is 11.9. The van der Waals surface area contributed by atoms with Crippen molar-refractivity contribution in [1.82, 2.24) is 19.1 Å². The molecule has 0 saturated heterocycles. The Morgan fingerprint density at radius 3 is 2.12 bits per heavy atom. The van der Waals surface area contributed by atoms with Crippen LogP contribution in [0, 0.1) is 0 Å². The molecule has 0 N–H and O–H groups in total. The van der Waals surface area contributed by atoms with E-state index in [-0.39, 0.29) is 17.1 Å². The van der Waals surface area contributed by atoms with Gasteiger partial charge in [-0.3, -0.25) is 13.9 Å². The molecule has 0 bridgehead atoms. The first-order valence-corrected chi connectivity index (χ1v) is 4.61. The van der Waals surface area contributed by atoms with Crippen molar-refractivity contribution in [3.63, 3.8) is 0 Å². The molecule has 0 unspecified atom stereocenters.